The van der Waals surface area contributed by atoms with Crippen LogP contribution in [0.3, 0.4) is 0 Å². The minimum absolute atomic E-state index is 0.0662. The number of phenols is 1. The molecule has 0 amide bonds. The molecule has 1 rings (SSSR count). The van der Waals surface area contributed by atoms with E-state index < -0.39 is 23.4 Å². The first-order valence-electron chi connectivity index (χ1n) is 4.37. The second-order valence-corrected chi connectivity index (χ2v) is 3.59. The number of phenolic OH excluding ortho intramolecular Hbond substituents is 1. The van der Waals surface area contributed by atoms with Crippen molar-refractivity contribution in [2.45, 2.75) is 19.9 Å². The van der Waals surface area contributed by atoms with Crippen LogP contribution >= 0.6 is 0 Å². The van der Waals surface area contributed by atoms with E-state index in [1.165, 1.54) is 0 Å². The Labute approximate surface area is 81.4 Å². The van der Waals surface area contributed by atoms with Crippen LogP contribution in [-0.4, -0.2) is 5.11 Å². The molecule has 0 aliphatic carbocycles. The lowest BCUT2D eigenvalue weighted by atomic mass is 9.96. The van der Waals surface area contributed by atoms with Crippen LogP contribution in [0.4, 0.5) is 8.78 Å². The first-order chi connectivity index (χ1) is 6.43. The van der Waals surface area contributed by atoms with Crippen molar-refractivity contribution in [1.82, 2.24) is 0 Å². The fourth-order valence-electron chi connectivity index (χ4n) is 1.22. The third-order valence-electron chi connectivity index (χ3n) is 2.12. The number of benzene rings is 1. The summed E-state index contributed by atoms with van der Waals surface area (Å²) in [4.78, 5) is 0. The lowest BCUT2D eigenvalue weighted by Crippen LogP contribution is -2.19. The van der Waals surface area contributed by atoms with Crippen LogP contribution in [0.5, 0.6) is 5.75 Å². The Kier molecular flexibility index (Phi) is 3.06. The zero-order valence-electron chi connectivity index (χ0n) is 8.09. The van der Waals surface area contributed by atoms with Crippen molar-refractivity contribution in [3.05, 3.63) is 29.3 Å². The Balaban J connectivity index is 3.20. The van der Waals surface area contributed by atoms with Crippen LogP contribution in [0.15, 0.2) is 12.1 Å². The molecule has 1 aromatic rings. The third kappa shape index (κ3) is 2.01. The Hall–Kier alpha value is -1.16. The Morgan fingerprint density at radius 3 is 2.00 bits per heavy atom. The highest BCUT2D eigenvalue weighted by Gasteiger charge is 2.20. The SMILES string of the molecule is CC(C)C(N)c1c(F)cc(O)cc1F. The standard InChI is InChI=1S/C10H13F2NO/c1-5(2)10(13)9-7(11)3-6(14)4-8(9)12/h3-5,10,14H,13H2,1-2H3. The number of aromatic hydroxyl groups is 1. The van der Waals surface area contributed by atoms with Crippen molar-refractivity contribution in [3.63, 3.8) is 0 Å². The van der Waals surface area contributed by atoms with E-state index in [-0.39, 0.29) is 11.5 Å². The highest BCUT2D eigenvalue weighted by Crippen LogP contribution is 2.27. The number of hydrogen-bond acceptors (Lipinski definition) is 2. The van der Waals surface area contributed by atoms with E-state index in [0.717, 1.165) is 12.1 Å². The molecular weight excluding hydrogens is 188 g/mol. The zero-order chi connectivity index (χ0) is 10.9. The Bertz CT molecular complexity index is 316. The summed E-state index contributed by atoms with van der Waals surface area (Å²) in [6.45, 7) is 3.55. The van der Waals surface area contributed by atoms with Gasteiger partial charge in [0.05, 0.1) is 0 Å². The molecule has 4 heteroatoms. The second kappa shape index (κ2) is 3.92. The maximum atomic E-state index is 13.2. The predicted octanol–water partition coefficient (Wildman–Crippen LogP) is 2.33. The molecule has 0 saturated carbocycles. The molecule has 14 heavy (non-hydrogen) atoms. The summed E-state index contributed by atoms with van der Waals surface area (Å²) in [5, 5.41) is 8.92. The van der Waals surface area contributed by atoms with E-state index >= 15 is 0 Å². The summed E-state index contributed by atoms with van der Waals surface area (Å²) in [7, 11) is 0. The quantitative estimate of drug-likeness (QED) is 0.771. The molecule has 0 fully saturated rings. The van der Waals surface area contributed by atoms with E-state index in [9.17, 15) is 8.78 Å². The van der Waals surface area contributed by atoms with Crippen LogP contribution in [-0.2, 0) is 0 Å². The topological polar surface area (TPSA) is 46.2 Å². The monoisotopic (exact) mass is 201 g/mol. The van der Waals surface area contributed by atoms with Gasteiger partial charge in [-0.3, -0.25) is 0 Å². The van der Waals surface area contributed by atoms with Gasteiger partial charge in [0.2, 0.25) is 0 Å². The lowest BCUT2D eigenvalue weighted by molar-refractivity contribution is 0.432. The van der Waals surface area contributed by atoms with Crippen LogP contribution in [0, 0.1) is 17.6 Å². The third-order valence-corrected chi connectivity index (χ3v) is 2.12. The molecule has 0 aliphatic heterocycles. The molecular formula is C10H13F2NO. The fraction of sp³-hybridized carbons (Fsp3) is 0.400. The highest BCUT2D eigenvalue weighted by molar-refractivity contribution is 5.31. The van der Waals surface area contributed by atoms with Gasteiger partial charge in [-0.05, 0) is 5.92 Å². The minimum Gasteiger partial charge on any atom is -0.508 e. The maximum Gasteiger partial charge on any atom is 0.134 e. The van der Waals surface area contributed by atoms with E-state index in [4.69, 9.17) is 10.8 Å². The molecule has 0 aliphatic rings. The maximum absolute atomic E-state index is 13.2. The summed E-state index contributed by atoms with van der Waals surface area (Å²) in [6.07, 6.45) is 0. The molecule has 1 atom stereocenters. The number of rotatable bonds is 2. The molecule has 3 N–H and O–H groups in total. The molecule has 1 aromatic carbocycles. The first-order valence-corrected chi connectivity index (χ1v) is 4.37. The molecule has 0 heterocycles. The van der Waals surface area contributed by atoms with Crippen molar-refractivity contribution in [2.75, 3.05) is 0 Å². The average Bonchev–Trinajstić information content (AvgIpc) is 2.01. The lowest BCUT2D eigenvalue weighted by Gasteiger charge is -2.17. The van der Waals surface area contributed by atoms with Gasteiger partial charge >= 0.3 is 0 Å². The van der Waals surface area contributed by atoms with Crippen molar-refractivity contribution in [3.8, 4) is 5.75 Å². The molecule has 78 valence electrons. The van der Waals surface area contributed by atoms with E-state index in [0.29, 0.717) is 0 Å². The van der Waals surface area contributed by atoms with Gasteiger partial charge in [0.1, 0.15) is 17.4 Å². The number of nitrogens with two attached hydrogens (primary N) is 1. The number of hydrogen-bond donors (Lipinski definition) is 2. The van der Waals surface area contributed by atoms with Gasteiger partial charge in [-0.25, -0.2) is 8.78 Å². The summed E-state index contributed by atoms with van der Waals surface area (Å²) < 4.78 is 26.5. The predicted molar refractivity (Wildman–Crippen MR) is 49.8 cm³/mol. The minimum atomic E-state index is -0.802. The molecule has 0 saturated heterocycles. The molecule has 0 bridgehead atoms. The smallest absolute Gasteiger partial charge is 0.134 e. The summed E-state index contributed by atoms with van der Waals surface area (Å²) in [5.41, 5.74) is 5.46. The van der Waals surface area contributed by atoms with Crippen molar-refractivity contribution < 1.29 is 13.9 Å². The molecule has 0 radical (unpaired) electrons. The van der Waals surface area contributed by atoms with Gasteiger partial charge in [0, 0.05) is 23.7 Å². The Morgan fingerprint density at radius 1 is 1.21 bits per heavy atom. The Morgan fingerprint density at radius 2 is 1.64 bits per heavy atom. The van der Waals surface area contributed by atoms with Crippen molar-refractivity contribution in [2.24, 2.45) is 11.7 Å². The van der Waals surface area contributed by atoms with Crippen LogP contribution < -0.4 is 5.73 Å². The number of halogens is 2. The van der Waals surface area contributed by atoms with Gasteiger partial charge in [0.15, 0.2) is 0 Å². The molecule has 1 unspecified atom stereocenters. The van der Waals surface area contributed by atoms with Gasteiger partial charge in [-0.1, -0.05) is 13.8 Å². The van der Waals surface area contributed by atoms with Crippen molar-refractivity contribution in [1.29, 1.82) is 0 Å². The summed E-state index contributed by atoms with van der Waals surface area (Å²) >= 11 is 0. The van der Waals surface area contributed by atoms with Gasteiger partial charge < -0.3 is 10.8 Å². The molecule has 0 aromatic heterocycles. The van der Waals surface area contributed by atoms with Crippen LogP contribution in [0.1, 0.15) is 25.5 Å². The second-order valence-electron chi connectivity index (χ2n) is 3.59. The summed E-state index contributed by atoms with van der Waals surface area (Å²) in [5.74, 6) is -2.10. The van der Waals surface area contributed by atoms with E-state index in [2.05, 4.69) is 0 Å². The zero-order valence-corrected chi connectivity index (χ0v) is 8.09. The van der Waals surface area contributed by atoms with Crippen LogP contribution in [0.25, 0.3) is 0 Å². The highest BCUT2D eigenvalue weighted by atomic mass is 19.1. The largest absolute Gasteiger partial charge is 0.508 e. The normalized spacial score (nSPS) is 13.3. The average molecular weight is 201 g/mol. The van der Waals surface area contributed by atoms with E-state index in [1.54, 1.807) is 13.8 Å². The van der Waals surface area contributed by atoms with Gasteiger partial charge in [-0.15, -0.1) is 0 Å². The van der Waals surface area contributed by atoms with Gasteiger partial charge in [-0.2, -0.15) is 0 Å². The van der Waals surface area contributed by atoms with Gasteiger partial charge in [0.25, 0.3) is 0 Å². The fourth-order valence-corrected chi connectivity index (χ4v) is 1.22. The van der Waals surface area contributed by atoms with E-state index in [1.807, 2.05) is 0 Å². The van der Waals surface area contributed by atoms with Crippen molar-refractivity contribution >= 4 is 0 Å². The molecule has 2 nitrogen and oxygen atoms in total. The first kappa shape index (κ1) is 10.9. The summed E-state index contributed by atoms with van der Waals surface area (Å²) in [6, 6.07) is 1.02. The van der Waals surface area contributed by atoms with Crippen LogP contribution in [0.2, 0.25) is 0 Å². The molecule has 0 spiro atoms.